The molecular weight excluding hydrogens is 360 g/mol. The lowest BCUT2D eigenvalue weighted by molar-refractivity contribution is 0.235. The van der Waals surface area contributed by atoms with Gasteiger partial charge in [0.2, 0.25) is 0 Å². The second-order valence-electron chi connectivity index (χ2n) is 7.65. The van der Waals surface area contributed by atoms with Gasteiger partial charge in [0.15, 0.2) is 0 Å². The average Bonchev–Trinajstić information content (AvgIpc) is 2.82. The molecule has 0 bridgehead atoms. The normalized spacial score (nSPS) is 24.2. The van der Waals surface area contributed by atoms with E-state index in [9.17, 15) is 0 Å². The molecule has 3 rings (SSSR count). The monoisotopic (exact) mass is 394 g/mol. The Morgan fingerprint density at radius 2 is 2.10 bits per heavy atom. The summed E-state index contributed by atoms with van der Waals surface area (Å²) in [6.07, 6.45) is 12.7. The molecule has 1 saturated heterocycles. The van der Waals surface area contributed by atoms with Gasteiger partial charge in [-0.2, -0.15) is 0 Å². The third-order valence-corrected chi connectivity index (χ3v) is 5.39. The molecule has 3 heterocycles. The highest BCUT2D eigenvalue weighted by Crippen LogP contribution is 2.09. The van der Waals surface area contributed by atoms with Gasteiger partial charge < -0.3 is 15.5 Å². The topological polar surface area (TPSA) is 64.9 Å². The molecule has 2 aliphatic rings. The fourth-order valence-corrected chi connectivity index (χ4v) is 3.63. The minimum absolute atomic E-state index is 0.615. The minimum atomic E-state index is 0.615. The van der Waals surface area contributed by atoms with Crippen molar-refractivity contribution in [3.63, 3.8) is 0 Å². The first-order valence-corrected chi connectivity index (χ1v) is 10.8. The Hall–Kier alpha value is -2.47. The summed E-state index contributed by atoms with van der Waals surface area (Å²) in [6, 6.07) is 4.04. The van der Waals surface area contributed by atoms with E-state index >= 15 is 0 Å². The van der Waals surface area contributed by atoms with Crippen molar-refractivity contribution in [2.45, 2.75) is 46.1 Å². The van der Waals surface area contributed by atoms with Crippen LogP contribution in [0.4, 0.5) is 0 Å². The highest BCUT2D eigenvalue weighted by atomic mass is 15.1. The molecule has 0 saturated carbocycles. The summed E-state index contributed by atoms with van der Waals surface area (Å²) in [7, 11) is 0. The molecule has 0 aliphatic carbocycles. The molecule has 0 amide bonds. The lowest BCUT2D eigenvalue weighted by Crippen LogP contribution is -2.32. The van der Waals surface area contributed by atoms with Gasteiger partial charge >= 0.3 is 0 Å². The van der Waals surface area contributed by atoms with Crippen LogP contribution < -0.4 is 10.6 Å². The molecule has 2 N–H and O–H groups in total. The molecule has 156 valence electrons. The van der Waals surface area contributed by atoms with Crippen LogP contribution in [0, 0.1) is 0 Å². The summed E-state index contributed by atoms with van der Waals surface area (Å²) in [4.78, 5) is 16.2. The van der Waals surface area contributed by atoms with Crippen LogP contribution in [0.1, 0.15) is 45.1 Å². The molecule has 2 aliphatic heterocycles. The lowest BCUT2D eigenvalue weighted by Gasteiger charge is -2.25. The molecule has 1 fully saturated rings. The number of hydrogen-bond donors (Lipinski definition) is 2. The van der Waals surface area contributed by atoms with E-state index in [0.717, 1.165) is 48.8 Å². The van der Waals surface area contributed by atoms with E-state index in [4.69, 9.17) is 4.99 Å². The van der Waals surface area contributed by atoms with Crippen LogP contribution in [-0.4, -0.2) is 54.7 Å². The molecule has 0 atom stereocenters. The van der Waals surface area contributed by atoms with E-state index in [-0.39, 0.29) is 0 Å². The van der Waals surface area contributed by atoms with Crippen LogP contribution in [0.15, 0.2) is 57.6 Å². The summed E-state index contributed by atoms with van der Waals surface area (Å²) in [5, 5.41) is 7.03. The van der Waals surface area contributed by atoms with Gasteiger partial charge in [0, 0.05) is 49.2 Å². The van der Waals surface area contributed by atoms with Crippen LogP contribution >= 0.6 is 0 Å². The smallest absolute Gasteiger partial charge is 0.126 e. The van der Waals surface area contributed by atoms with Gasteiger partial charge in [-0.1, -0.05) is 19.4 Å². The van der Waals surface area contributed by atoms with E-state index < -0.39 is 0 Å². The van der Waals surface area contributed by atoms with Gasteiger partial charge in [0.1, 0.15) is 5.84 Å². The van der Waals surface area contributed by atoms with Gasteiger partial charge in [-0.05, 0) is 56.5 Å². The maximum absolute atomic E-state index is 4.89. The van der Waals surface area contributed by atoms with E-state index in [2.05, 4.69) is 51.5 Å². The number of amidine groups is 1. The van der Waals surface area contributed by atoms with Crippen molar-refractivity contribution in [3.8, 4) is 0 Å². The second kappa shape index (κ2) is 11.5. The van der Waals surface area contributed by atoms with Crippen LogP contribution in [0.3, 0.4) is 0 Å². The molecule has 0 radical (unpaired) electrons. The number of hydrogen-bond acceptors (Lipinski definition) is 5. The van der Waals surface area contributed by atoms with Gasteiger partial charge in [0.05, 0.1) is 13.1 Å². The van der Waals surface area contributed by atoms with E-state index in [0.29, 0.717) is 6.54 Å². The quantitative estimate of drug-likeness (QED) is 0.745. The minimum Gasteiger partial charge on any atom is -0.383 e. The fraction of sp³-hybridized carbons (Fsp3) is 0.522. The van der Waals surface area contributed by atoms with Crippen LogP contribution in [0.2, 0.25) is 0 Å². The summed E-state index contributed by atoms with van der Waals surface area (Å²) < 4.78 is 0. The molecule has 1 aromatic rings. The van der Waals surface area contributed by atoms with Crippen molar-refractivity contribution in [3.05, 3.63) is 53.1 Å². The Morgan fingerprint density at radius 3 is 2.86 bits per heavy atom. The number of nitrogens with zero attached hydrogens (tertiary/aromatic N) is 4. The van der Waals surface area contributed by atoms with Gasteiger partial charge in [-0.15, -0.1) is 0 Å². The zero-order valence-electron chi connectivity index (χ0n) is 17.8. The van der Waals surface area contributed by atoms with Crippen molar-refractivity contribution < 1.29 is 0 Å². The summed E-state index contributed by atoms with van der Waals surface area (Å²) >= 11 is 0. The van der Waals surface area contributed by atoms with Crippen LogP contribution in [0.5, 0.6) is 0 Å². The predicted octanol–water partition coefficient (Wildman–Crippen LogP) is 3.30. The maximum Gasteiger partial charge on any atom is 0.126 e. The third kappa shape index (κ3) is 7.13. The number of rotatable bonds is 7. The molecule has 29 heavy (non-hydrogen) atoms. The summed E-state index contributed by atoms with van der Waals surface area (Å²) in [5.41, 5.74) is 4.55. The number of aliphatic imine (C=N–C) groups is 2. The van der Waals surface area contributed by atoms with E-state index in [1.54, 1.807) is 6.20 Å². The molecule has 1 aromatic heterocycles. The Balaban J connectivity index is 1.70. The Kier molecular flexibility index (Phi) is 8.43. The van der Waals surface area contributed by atoms with Crippen LogP contribution in [-0.2, 0) is 6.54 Å². The number of allylic oxidation sites excluding steroid dienone is 2. The van der Waals surface area contributed by atoms with Crippen molar-refractivity contribution in [1.29, 1.82) is 0 Å². The van der Waals surface area contributed by atoms with Crippen molar-refractivity contribution in [2.75, 3.05) is 32.7 Å². The number of aromatic nitrogens is 1. The van der Waals surface area contributed by atoms with E-state index in [1.807, 2.05) is 18.5 Å². The van der Waals surface area contributed by atoms with Crippen LogP contribution in [0.25, 0.3) is 0 Å². The average molecular weight is 395 g/mol. The Bertz CT molecular complexity index is 757. The number of piperidine rings is 1. The van der Waals surface area contributed by atoms with E-state index in [1.165, 1.54) is 37.9 Å². The fourth-order valence-electron chi connectivity index (χ4n) is 3.63. The second-order valence-corrected chi connectivity index (χ2v) is 7.65. The molecule has 0 aromatic carbocycles. The summed E-state index contributed by atoms with van der Waals surface area (Å²) in [5.74, 6) is 0.907. The third-order valence-electron chi connectivity index (χ3n) is 5.39. The first-order valence-electron chi connectivity index (χ1n) is 10.8. The Labute approximate surface area is 174 Å². The first kappa shape index (κ1) is 21.2. The van der Waals surface area contributed by atoms with Crippen molar-refractivity contribution >= 4 is 12.1 Å². The highest BCUT2D eigenvalue weighted by Gasteiger charge is 2.10. The SMILES string of the molecule is CC/C1=C(/C)NC(=NCCN2CCCCC2)/C=C(/NCc2cccnc2)CN=C1. The largest absolute Gasteiger partial charge is 0.383 e. The molecule has 6 heteroatoms. The molecular formula is C23H34N6. The summed E-state index contributed by atoms with van der Waals surface area (Å²) in [6.45, 7) is 9.85. The van der Waals surface area contributed by atoms with Gasteiger partial charge in [-0.3, -0.25) is 15.0 Å². The lowest BCUT2D eigenvalue weighted by atomic mass is 10.1. The van der Waals surface area contributed by atoms with Gasteiger partial charge in [0.25, 0.3) is 0 Å². The molecule has 0 spiro atoms. The van der Waals surface area contributed by atoms with Crippen molar-refractivity contribution in [2.24, 2.45) is 9.98 Å². The van der Waals surface area contributed by atoms with Gasteiger partial charge in [-0.25, -0.2) is 0 Å². The highest BCUT2D eigenvalue weighted by molar-refractivity contribution is 5.96. The number of pyridine rings is 1. The zero-order chi connectivity index (χ0) is 20.3. The van der Waals surface area contributed by atoms with Crippen molar-refractivity contribution in [1.82, 2.24) is 20.5 Å². The zero-order valence-corrected chi connectivity index (χ0v) is 17.8. The first-order chi connectivity index (χ1) is 14.2. The predicted molar refractivity (Wildman–Crippen MR) is 121 cm³/mol. The number of likely N-dealkylation sites (tertiary alicyclic amines) is 1. The molecule has 0 unspecified atom stereocenters. The Morgan fingerprint density at radius 1 is 1.24 bits per heavy atom. The standard InChI is InChI=1S/C23H34N6/c1-3-21-17-25-18-22(27-16-20-8-7-9-24-15-20)14-23(28-19(21)2)26-10-13-29-11-5-4-6-12-29/h7-9,14-15,17,27H,3-6,10-13,16,18H2,1-2H3,(H,26,28)/b21-19+,22-14+,25-17?. The molecule has 6 nitrogen and oxygen atoms in total. The maximum atomic E-state index is 4.89. The number of nitrogens with one attached hydrogen (secondary N) is 2.